The Bertz CT molecular complexity index is 922. The van der Waals surface area contributed by atoms with Gasteiger partial charge in [-0.25, -0.2) is 14.0 Å². The zero-order chi connectivity index (χ0) is 21.3. The van der Waals surface area contributed by atoms with Crippen molar-refractivity contribution >= 4 is 32.7 Å². The Morgan fingerprint density at radius 3 is 2.53 bits per heavy atom. The molecule has 1 saturated carbocycles. The van der Waals surface area contributed by atoms with Crippen LogP contribution in [0.5, 0.6) is 0 Å². The van der Waals surface area contributed by atoms with Gasteiger partial charge in [0.1, 0.15) is 0 Å². The summed E-state index contributed by atoms with van der Waals surface area (Å²) in [6, 6.07) is 6.58. The van der Waals surface area contributed by atoms with Crippen molar-refractivity contribution in [2.75, 3.05) is 0 Å². The van der Waals surface area contributed by atoms with Gasteiger partial charge in [0.05, 0.1) is 4.90 Å². The lowest BCUT2D eigenvalue weighted by molar-refractivity contribution is -0.575. The van der Waals surface area contributed by atoms with Crippen molar-refractivity contribution < 1.29 is 31.8 Å². The van der Waals surface area contributed by atoms with Gasteiger partial charge in [-0.3, -0.25) is 0 Å². The van der Waals surface area contributed by atoms with Gasteiger partial charge in [-0.1, -0.05) is 13.8 Å². The number of hydrogen-bond acceptors (Lipinski definition) is 7. The molecule has 4 heterocycles. The molecule has 4 saturated heterocycles. The molecule has 1 aromatic rings. The Morgan fingerprint density at radius 1 is 1.07 bits per heavy atom. The summed E-state index contributed by atoms with van der Waals surface area (Å²) in [5.74, 6) is -0.430. The van der Waals surface area contributed by atoms with E-state index in [-0.39, 0.29) is 22.6 Å². The molecule has 5 fully saturated rings. The third kappa shape index (κ3) is 3.27. The summed E-state index contributed by atoms with van der Waals surface area (Å²) in [6.45, 7) is 6.06. The normalized spacial score (nSPS) is 45.6. The Kier molecular flexibility index (Phi) is 5.28. The minimum Gasteiger partial charge on any atom is -0.319 e. The van der Waals surface area contributed by atoms with E-state index in [4.69, 9.17) is 23.4 Å². The van der Waals surface area contributed by atoms with Crippen LogP contribution in [-0.2, 0) is 33.6 Å². The Hall–Kier alpha value is -0.300. The van der Waals surface area contributed by atoms with E-state index in [2.05, 4.69) is 29.5 Å². The van der Waals surface area contributed by atoms with Gasteiger partial charge in [0.25, 0.3) is 10.1 Å². The minimum atomic E-state index is -3.98. The van der Waals surface area contributed by atoms with Crippen LogP contribution in [0.15, 0.2) is 29.2 Å². The van der Waals surface area contributed by atoms with Crippen LogP contribution in [0.25, 0.3) is 0 Å². The third-order valence-corrected chi connectivity index (χ3v) is 9.43. The van der Waals surface area contributed by atoms with Gasteiger partial charge in [-0.05, 0) is 84.9 Å². The average molecular weight is 550 g/mol. The molecule has 0 amide bonds. The van der Waals surface area contributed by atoms with Crippen molar-refractivity contribution in [1.82, 2.24) is 0 Å². The minimum absolute atomic E-state index is 0.0111. The van der Waals surface area contributed by atoms with E-state index >= 15 is 0 Å². The topological polar surface area (TPSA) is 80.3 Å². The van der Waals surface area contributed by atoms with E-state index in [0.717, 1.165) is 22.8 Å². The molecule has 6 rings (SSSR count). The van der Waals surface area contributed by atoms with Crippen LogP contribution in [-0.4, -0.2) is 32.4 Å². The lowest BCUT2D eigenvalue weighted by Gasteiger charge is -2.60. The van der Waals surface area contributed by atoms with Gasteiger partial charge < -0.3 is 9.47 Å². The van der Waals surface area contributed by atoms with E-state index < -0.39 is 34.1 Å². The number of benzene rings is 1. The predicted octanol–water partition coefficient (Wildman–Crippen LogP) is 4.20. The van der Waals surface area contributed by atoms with Crippen molar-refractivity contribution in [2.45, 2.75) is 75.3 Å². The fourth-order valence-corrected chi connectivity index (χ4v) is 7.17. The Balaban J connectivity index is 1.47. The lowest BCUT2D eigenvalue weighted by atomic mass is 9.58. The van der Waals surface area contributed by atoms with E-state index in [9.17, 15) is 8.42 Å². The molecule has 0 N–H and O–H groups in total. The summed E-state index contributed by atoms with van der Waals surface area (Å²) in [5, 5.41) is 0. The van der Waals surface area contributed by atoms with Crippen molar-refractivity contribution in [3.05, 3.63) is 27.8 Å². The molecule has 1 aliphatic carbocycles. The molecular weight excluding hydrogens is 523 g/mol. The number of ether oxygens (including phenoxy) is 2. The standard InChI is InChI=1S/C21H27IO7S/c1-12-4-9-17-13(2)18(27-30(23,24)15-7-5-14(22)6-8-15)25-19-21(17)16(12)10-11-20(3,26-19)28-29-21/h5-8,12-13,16-19H,4,9-11H2,1-3H3/t12-,13-,16?,17?,18-,19-,20+,21-/m1/s1. The highest BCUT2D eigenvalue weighted by atomic mass is 127. The molecule has 1 aromatic carbocycles. The molecule has 0 aromatic heterocycles. The second-order valence-electron chi connectivity index (χ2n) is 9.28. The SMILES string of the molecule is C[C@@H]1CCC2[C@@H](C)[C@@H](OS(=O)(=O)c3ccc(I)cc3)O[C@@H]3O[C@]4(C)CCC1[C@@]23OO4. The first-order valence-corrected chi connectivity index (χ1v) is 13.0. The van der Waals surface area contributed by atoms with Gasteiger partial charge >= 0.3 is 0 Å². The number of halogens is 1. The van der Waals surface area contributed by atoms with Gasteiger partial charge in [-0.2, -0.15) is 8.42 Å². The molecule has 8 atom stereocenters. The van der Waals surface area contributed by atoms with Crippen LogP contribution in [0, 0.1) is 27.2 Å². The van der Waals surface area contributed by atoms with Crippen LogP contribution in [0.4, 0.5) is 0 Å². The predicted molar refractivity (Wildman–Crippen MR) is 114 cm³/mol. The molecule has 5 aliphatic rings. The third-order valence-electron chi connectivity index (χ3n) is 7.42. The van der Waals surface area contributed by atoms with Gasteiger partial charge in [0, 0.05) is 21.8 Å². The maximum absolute atomic E-state index is 12.9. The van der Waals surface area contributed by atoms with Gasteiger partial charge in [-0.15, -0.1) is 0 Å². The number of rotatable bonds is 3. The summed E-state index contributed by atoms with van der Waals surface area (Å²) in [6.07, 6.45) is 1.88. The maximum Gasteiger partial charge on any atom is 0.299 e. The van der Waals surface area contributed by atoms with E-state index in [1.165, 1.54) is 0 Å². The molecule has 4 aliphatic heterocycles. The monoisotopic (exact) mass is 550 g/mol. The van der Waals surface area contributed by atoms with Crippen LogP contribution in [0.2, 0.25) is 0 Å². The molecule has 1 spiro atoms. The number of hydrogen-bond donors (Lipinski definition) is 0. The Labute approximate surface area is 190 Å². The van der Waals surface area contributed by atoms with Crippen LogP contribution in [0.1, 0.15) is 46.5 Å². The van der Waals surface area contributed by atoms with Gasteiger partial charge in [0.2, 0.25) is 5.79 Å². The van der Waals surface area contributed by atoms with Gasteiger partial charge in [0.15, 0.2) is 18.2 Å². The molecule has 2 unspecified atom stereocenters. The summed E-state index contributed by atoms with van der Waals surface area (Å²) >= 11 is 2.13. The smallest absolute Gasteiger partial charge is 0.299 e. The summed E-state index contributed by atoms with van der Waals surface area (Å²) in [4.78, 5) is 12.0. The highest BCUT2D eigenvalue weighted by molar-refractivity contribution is 14.1. The summed E-state index contributed by atoms with van der Waals surface area (Å²) in [5.41, 5.74) is -0.737. The maximum atomic E-state index is 12.9. The van der Waals surface area contributed by atoms with Crippen LogP contribution >= 0.6 is 22.6 Å². The number of fused-ring (bicyclic) bond motifs is 2. The highest BCUT2D eigenvalue weighted by Gasteiger charge is 2.69. The zero-order valence-corrected chi connectivity index (χ0v) is 20.2. The molecular formula is C21H27IO7S. The van der Waals surface area contributed by atoms with E-state index in [0.29, 0.717) is 12.3 Å². The summed E-state index contributed by atoms with van der Waals surface area (Å²) < 4.78 is 44.9. The summed E-state index contributed by atoms with van der Waals surface area (Å²) in [7, 11) is -3.98. The molecule has 9 heteroatoms. The van der Waals surface area contributed by atoms with Crippen molar-refractivity contribution in [2.24, 2.45) is 23.7 Å². The second kappa shape index (κ2) is 7.36. The molecule has 0 radical (unpaired) electrons. The quantitative estimate of drug-likeness (QED) is 0.317. The molecule has 7 nitrogen and oxygen atoms in total. The Morgan fingerprint density at radius 2 is 1.80 bits per heavy atom. The van der Waals surface area contributed by atoms with E-state index in [1.807, 2.05) is 13.8 Å². The first kappa shape index (κ1) is 21.5. The molecule has 2 bridgehead atoms. The average Bonchev–Trinajstić information content (AvgIpc) is 2.92. The zero-order valence-electron chi connectivity index (χ0n) is 17.2. The van der Waals surface area contributed by atoms with Crippen molar-refractivity contribution in [3.63, 3.8) is 0 Å². The first-order chi connectivity index (χ1) is 14.1. The fraction of sp³-hybridized carbons (Fsp3) is 0.714. The first-order valence-electron chi connectivity index (χ1n) is 10.5. The lowest BCUT2D eigenvalue weighted by Crippen LogP contribution is -2.70. The van der Waals surface area contributed by atoms with E-state index in [1.54, 1.807) is 24.3 Å². The van der Waals surface area contributed by atoms with Crippen molar-refractivity contribution in [1.29, 1.82) is 0 Å². The fourth-order valence-electron chi connectivity index (χ4n) is 5.76. The highest BCUT2D eigenvalue weighted by Crippen LogP contribution is 2.60. The van der Waals surface area contributed by atoms with Crippen LogP contribution in [0.3, 0.4) is 0 Å². The molecule has 30 heavy (non-hydrogen) atoms. The van der Waals surface area contributed by atoms with Crippen LogP contribution < -0.4 is 0 Å². The second-order valence-corrected chi connectivity index (χ2v) is 12.1. The van der Waals surface area contributed by atoms with Crippen molar-refractivity contribution in [3.8, 4) is 0 Å². The largest absolute Gasteiger partial charge is 0.319 e. The molecule has 166 valence electrons.